The van der Waals surface area contributed by atoms with E-state index in [1.807, 2.05) is 13.8 Å². The highest BCUT2D eigenvalue weighted by Crippen LogP contribution is 2.36. The summed E-state index contributed by atoms with van der Waals surface area (Å²) in [5.41, 5.74) is 0.992. The number of β-amino-alcohol motifs (C(OH)–C–C–N with tert-alkyl or cyclic N) is 1. The van der Waals surface area contributed by atoms with Gasteiger partial charge in [-0.25, -0.2) is 8.78 Å². The summed E-state index contributed by atoms with van der Waals surface area (Å²) in [5, 5.41) is 15.1. The highest BCUT2D eigenvalue weighted by Gasteiger charge is 2.47. The number of likely N-dealkylation sites (tertiary alicyclic amines) is 1. The van der Waals surface area contributed by atoms with Crippen LogP contribution in [0.25, 0.3) is 0 Å². The highest BCUT2D eigenvalue weighted by molar-refractivity contribution is 5.95. The van der Waals surface area contributed by atoms with Gasteiger partial charge in [-0.15, -0.1) is 0 Å². The van der Waals surface area contributed by atoms with Crippen molar-refractivity contribution < 1.29 is 23.4 Å². The van der Waals surface area contributed by atoms with Gasteiger partial charge in [0.05, 0.1) is 31.0 Å². The van der Waals surface area contributed by atoms with Crippen molar-refractivity contribution in [3.05, 3.63) is 52.3 Å². The minimum Gasteiger partial charge on any atom is -0.381 e. The van der Waals surface area contributed by atoms with Crippen molar-refractivity contribution in [1.29, 1.82) is 0 Å². The van der Waals surface area contributed by atoms with Gasteiger partial charge >= 0.3 is 0 Å². The topological polar surface area (TPSA) is 67.6 Å². The molecule has 144 valence electrons. The minimum atomic E-state index is -1.38. The van der Waals surface area contributed by atoms with Gasteiger partial charge in [0.15, 0.2) is 11.6 Å². The fourth-order valence-corrected chi connectivity index (χ4v) is 3.98. The molecule has 0 unspecified atom stereocenters. The first-order chi connectivity index (χ1) is 12.7. The number of rotatable bonds is 2. The van der Waals surface area contributed by atoms with E-state index in [1.165, 1.54) is 11.0 Å². The van der Waals surface area contributed by atoms with Crippen LogP contribution < -0.4 is 0 Å². The summed E-state index contributed by atoms with van der Waals surface area (Å²) in [4.78, 5) is 14.5. The predicted molar refractivity (Wildman–Crippen MR) is 92.0 cm³/mol. The lowest BCUT2D eigenvalue weighted by Gasteiger charge is -2.46. The number of ether oxygens (including phenoxy) is 1. The molecule has 1 fully saturated rings. The van der Waals surface area contributed by atoms with Crippen LogP contribution in [-0.4, -0.2) is 44.9 Å². The van der Waals surface area contributed by atoms with E-state index in [-0.39, 0.29) is 36.8 Å². The second-order valence-electron chi connectivity index (χ2n) is 7.45. The second-order valence-corrected chi connectivity index (χ2v) is 7.45. The Morgan fingerprint density at radius 3 is 2.67 bits per heavy atom. The average Bonchev–Trinajstić information content (AvgIpc) is 2.90. The fourth-order valence-electron chi connectivity index (χ4n) is 3.98. The van der Waals surface area contributed by atoms with Crippen molar-refractivity contribution >= 4 is 5.91 Å². The van der Waals surface area contributed by atoms with E-state index in [0.29, 0.717) is 12.1 Å². The van der Waals surface area contributed by atoms with Crippen LogP contribution in [0.1, 0.15) is 47.3 Å². The van der Waals surface area contributed by atoms with Crippen LogP contribution in [-0.2, 0) is 23.8 Å². The Balaban J connectivity index is 1.57. The molecule has 0 spiro atoms. The van der Waals surface area contributed by atoms with E-state index >= 15 is 0 Å². The van der Waals surface area contributed by atoms with Gasteiger partial charge in [-0.2, -0.15) is 5.10 Å². The number of amides is 1. The van der Waals surface area contributed by atoms with Gasteiger partial charge in [-0.1, -0.05) is 6.07 Å². The summed E-state index contributed by atoms with van der Waals surface area (Å²) >= 11 is 0. The molecule has 0 radical (unpaired) electrons. The molecule has 8 heteroatoms. The molecule has 27 heavy (non-hydrogen) atoms. The Bertz CT molecular complexity index is 921. The van der Waals surface area contributed by atoms with Gasteiger partial charge in [-0.05, 0) is 31.5 Å². The van der Waals surface area contributed by atoms with Crippen LogP contribution in [0.4, 0.5) is 8.78 Å². The monoisotopic (exact) mass is 377 g/mol. The van der Waals surface area contributed by atoms with Crippen molar-refractivity contribution in [2.45, 2.75) is 38.1 Å². The molecule has 6 nitrogen and oxygen atoms in total. The molecule has 1 N–H and O–H groups in total. The molecule has 2 aliphatic heterocycles. The number of carbonyl (C=O) groups excluding carboxylic acids is 1. The number of fused-ring (bicyclic) bond motifs is 1. The van der Waals surface area contributed by atoms with Crippen LogP contribution in [0.2, 0.25) is 0 Å². The van der Waals surface area contributed by atoms with E-state index in [2.05, 4.69) is 5.10 Å². The lowest BCUT2D eigenvalue weighted by Crippen LogP contribution is -2.61. The number of halogens is 2. The van der Waals surface area contributed by atoms with Crippen molar-refractivity contribution in [2.24, 2.45) is 7.05 Å². The maximum absolute atomic E-state index is 13.5. The van der Waals surface area contributed by atoms with Crippen molar-refractivity contribution in [3.8, 4) is 0 Å². The molecule has 4 rings (SSSR count). The van der Waals surface area contributed by atoms with Crippen LogP contribution in [0.3, 0.4) is 0 Å². The zero-order valence-electron chi connectivity index (χ0n) is 15.4. The lowest BCUT2D eigenvalue weighted by molar-refractivity contribution is -0.0869. The largest absolute Gasteiger partial charge is 0.381 e. The molecule has 1 amide bonds. The Labute approximate surface area is 155 Å². The Kier molecular flexibility index (Phi) is 4.08. The number of aromatic nitrogens is 2. The number of aryl methyl sites for hydroxylation is 1. The van der Waals surface area contributed by atoms with Gasteiger partial charge in [0.25, 0.3) is 5.91 Å². The molecule has 1 aromatic heterocycles. The summed E-state index contributed by atoms with van der Waals surface area (Å²) in [5.74, 6) is -2.23. The van der Waals surface area contributed by atoms with Gasteiger partial charge in [0, 0.05) is 19.0 Å². The SMILES string of the molecule is C[C@@H]1Cc2c(nn(C)c2C(=O)N2CC(O)(c3ccc(F)c(F)c3)C2)[C@H](C)O1. The smallest absolute Gasteiger partial charge is 0.272 e. The van der Waals surface area contributed by atoms with Crippen molar-refractivity contribution in [1.82, 2.24) is 14.7 Å². The third-order valence-corrected chi connectivity index (χ3v) is 5.34. The third kappa shape index (κ3) is 2.83. The van der Waals surface area contributed by atoms with Crippen molar-refractivity contribution in [3.63, 3.8) is 0 Å². The van der Waals surface area contributed by atoms with Crippen LogP contribution in [0, 0.1) is 11.6 Å². The predicted octanol–water partition coefficient (Wildman–Crippen LogP) is 2.06. The van der Waals surface area contributed by atoms with E-state index in [4.69, 9.17) is 4.74 Å². The Morgan fingerprint density at radius 1 is 1.30 bits per heavy atom. The molecule has 0 bridgehead atoms. The number of hydrogen-bond donors (Lipinski definition) is 1. The normalized spacial score (nSPS) is 23.7. The molecule has 2 aliphatic rings. The fraction of sp³-hybridized carbons (Fsp3) is 0.474. The van der Waals surface area contributed by atoms with Crippen LogP contribution in [0.15, 0.2) is 18.2 Å². The van der Waals surface area contributed by atoms with E-state index in [0.717, 1.165) is 23.4 Å². The van der Waals surface area contributed by atoms with Crippen LogP contribution in [0.5, 0.6) is 0 Å². The van der Waals surface area contributed by atoms with E-state index < -0.39 is 17.2 Å². The minimum absolute atomic E-state index is 0.0124. The molecule has 2 atom stereocenters. The van der Waals surface area contributed by atoms with Gasteiger partial charge in [-0.3, -0.25) is 9.48 Å². The van der Waals surface area contributed by atoms with E-state index in [1.54, 1.807) is 11.7 Å². The first kappa shape index (κ1) is 18.1. The number of aliphatic hydroxyl groups is 1. The molecular formula is C19H21F2N3O3. The Morgan fingerprint density at radius 2 is 2.00 bits per heavy atom. The summed E-state index contributed by atoms with van der Waals surface area (Å²) in [6.45, 7) is 3.88. The molecule has 2 aromatic rings. The summed E-state index contributed by atoms with van der Waals surface area (Å²) in [7, 11) is 1.71. The van der Waals surface area contributed by atoms with E-state index in [9.17, 15) is 18.7 Å². The first-order valence-electron chi connectivity index (χ1n) is 8.88. The number of nitrogens with zero attached hydrogens (tertiary/aromatic N) is 3. The third-order valence-electron chi connectivity index (χ3n) is 5.34. The second kappa shape index (κ2) is 6.10. The zero-order chi connectivity index (χ0) is 19.5. The zero-order valence-corrected chi connectivity index (χ0v) is 15.4. The maximum Gasteiger partial charge on any atom is 0.272 e. The number of carbonyl (C=O) groups is 1. The quantitative estimate of drug-likeness (QED) is 0.870. The summed E-state index contributed by atoms with van der Waals surface area (Å²) in [6, 6.07) is 3.30. The molecule has 3 heterocycles. The number of benzene rings is 1. The van der Waals surface area contributed by atoms with Crippen molar-refractivity contribution in [2.75, 3.05) is 13.1 Å². The molecular weight excluding hydrogens is 356 g/mol. The lowest BCUT2D eigenvalue weighted by atomic mass is 9.85. The maximum atomic E-state index is 13.5. The van der Waals surface area contributed by atoms with Gasteiger partial charge in [0.1, 0.15) is 11.3 Å². The summed E-state index contributed by atoms with van der Waals surface area (Å²) < 4.78 is 33.9. The van der Waals surface area contributed by atoms with Gasteiger partial charge < -0.3 is 14.7 Å². The average molecular weight is 377 g/mol. The standard InChI is InChI=1S/C19H21F2N3O3/c1-10-6-13-16(11(2)27-10)22-23(3)17(13)18(25)24-8-19(26,9-24)12-4-5-14(20)15(21)7-12/h4-5,7,10-11,26H,6,8-9H2,1-3H3/t10-,11+/m1/s1. The number of hydrogen-bond acceptors (Lipinski definition) is 4. The first-order valence-corrected chi connectivity index (χ1v) is 8.88. The molecule has 0 saturated carbocycles. The molecule has 1 saturated heterocycles. The summed E-state index contributed by atoms with van der Waals surface area (Å²) in [6.07, 6.45) is 0.390. The highest BCUT2D eigenvalue weighted by atomic mass is 19.2. The van der Waals surface area contributed by atoms with Gasteiger partial charge in [0.2, 0.25) is 0 Å². The molecule has 0 aliphatic carbocycles. The molecule has 1 aromatic carbocycles. The van der Waals surface area contributed by atoms with Crippen LogP contribution >= 0.6 is 0 Å². The Hall–Kier alpha value is -2.32.